The molecule has 0 aliphatic carbocycles. The van der Waals surface area contributed by atoms with Gasteiger partial charge in [0.15, 0.2) is 0 Å². The zero-order chi connectivity index (χ0) is 27.3. The van der Waals surface area contributed by atoms with Gasteiger partial charge in [0.2, 0.25) is 10.0 Å². The van der Waals surface area contributed by atoms with Crippen LogP contribution in [0.15, 0.2) is 77.8 Å². The van der Waals surface area contributed by atoms with Gasteiger partial charge in [-0.3, -0.25) is 4.79 Å². The minimum atomic E-state index is -4.12. The number of fused-ring (bicyclic) bond motifs is 1. The number of aryl methyl sites for hydroxylation is 1. The van der Waals surface area contributed by atoms with E-state index in [1.807, 2.05) is 48.0 Å². The van der Waals surface area contributed by atoms with Crippen LogP contribution in [0.5, 0.6) is 5.75 Å². The highest BCUT2D eigenvalue weighted by Crippen LogP contribution is 2.28. The SMILES string of the molecule is CC#CCOc1ccc(S(=O)(=O)NC(Cc2cn(Cc3ccccc3C)c3ccc(Cl)cc23)C(=O)O)cc1. The van der Waals surface area contributed by atoms with Crippen LogP contribution in [0.2, 0.25) is 5.02 Å². The molecule has 3 aromatic carbocycles. The number of benzene rings is 3. The van der Waals surface area contributed by atoms with Gasteiger partial charge in [-0.15, -0.1) is 5.92 Å². The smallest absolute Gasteiger partial charge is 0.322 e. The predicted molar refractivity (Wildman–Crippen MR) is 148 cm³/mol. The maximum absolute atomic E-state index is 13.0. The van der Waals surface area contributed by atoms with Crippen LogP contribution in [0.3, 0.4) is 0 Å². The first-order chi connectivity index (χ1) is 18.2. The minimum absolute atomic E-state index is 0.0664. The number of carbonyl (C=O) groups is 1. The lowest BCUT2D eigenvalue weighted by Crippen LogP contribution is -2.42. The van der Waals surface area contributed by atoms with E-state index in [0.29, 0.717) is 22.9 Å². The molecule has 4 rings (SSSR count). The fourth-order valence-electron chi connectivity index (χ4n) is 4.17. The molecule has 4 aromatic rings. The van der Waals surface area contributed by atoms with Crippen molar-refractivity contribution in [3.05, 3.63) is 94.6 Å². The molecule has 1 unspecified atom stereocenters. The fourth-order valence-corrected chi connectivity index (χ4v) is 5.53. The zero-order valence-electron chi connectivity index (χ0n) is 20.9. The van der Waals surface area contributed by atoms with Gasteiger partial charge in [0, 0.05) is 35.1 Å². The number of hydrogen-bond acceptors (Lipinski definition) is 4. The van der Waals surface area contributed by atoms with Crippen molar-refractivity contribution < 1.29 is 23.1 Å². The fraction of sp³-hybridized carbons (Fsp3) is 0.207. The van der Waals surface area contributed by atoms with Gasteiger partial charge in [-0.2, -0.15) is 4.72 Å². The molecule has 1 aromatic heterocycles. The van der Waals surface area contributed by atoms with Crippen molar-refractivity contribution in [2.45, 2.75) is 37.8 Å². The van der Waals surface area contributed by atoms with Crippen LogP contribution in [0, 0.1) is 18.8 Å². The Morgan fingerprint density at radius 1 is 1.11 bits per heavy atom. The lowest BCUT2D eigenvalue weighted by atomic mass is 10.1. The number of carboxylic acid groups (broad SMARTS) is 1. The van der Waals surface area contributed by atoms with E-state index in [4.69, 9.17) is 16.3 Å². The van der Waals surface area contributed by atoms with E-state index in [1.54, 1.807) is 19.1 Å². The molecule has 0 spiro atoms. The van der Waals surface area contributed by atoms with Gasteiger partial charge < -0.3 is 14.4 Å². The van der Waals surface area contributed by atoms with Crippen LogP contribution in [-0.2, 0) is 27.8 Å². The number of rotatable bonds is 10. The van der Waals surface area contributed by atoms with Gasteiger partial charge in [0.1, 0.15) is 18.4 Å². The topological polar surface area (TPSA) is 97.6 Å². The Morgan fingerprint density at radius 2 is 1.84 bits per heavy atom. The monoisotopic (exact) mass is 550 g/mol. The third-order valence-corrected chi connectivity index (χ3v) is 7.89. The number of nitrogens with zero attached hydrogens (tertiary/aromatic N) is 1. The molecule has 0 saturated carbocycles. The molecule has 2 N–H and O–H groups in total. The van der Waals surface area contributed by atoms with Crippen LogP contribution in [0.4, 0.5) is 0 Å². The van der Waals surface area contributed by atoms with Gasteiger partial charge >= 0.3 is 5.97 Å². The maximum Gasteiger partial charge on any atom is 0.322 e. The van der Waals surface area contributed by atoms with Crippen molar-refractivity contribution >= 4 is 38.5 Å². The van der Waals surface area contributed by atoms with Gasteiger partial charge in [-0.25, -0.2) is 8.42 Å². The number of aromatic nitrogens is 1. The molecule has 196 valence electrons. The number of aliphatic carboxylic acids is 1. The third kappa shape index (κ3) is 6.37. The average Bonchev–Trinajstić information content (AvgIpc) is 3.21. The molecule has 1 atom stereocenters. The Morgan fingerprint density at radius 3 is 2.53 bits per heavy atom. The molecule has 0 amide bonds. The highest BCUT2D eigenvalue weighted by molar-refractivity contribution is 7.89. The Bertz CT molecular complexity index is 1630. The number of sulfonamides is 1. The zero-order valence-corrected chi connectivity index (χ0v) is 22.5. The number of ether oxygens (including phenoxy) is 1. The van der Waals surface area contributed by atoms with Gasteiger partial charge in [0.25, 0.3) is 0 Å². The number of carboxylic acids is 1. The van der Waals surface area contributed by atoms with Crippen molar-refractivity contribution in [1.29, 1.82) is 0 Å². The predicted octanol–water partition coefficient (Wildman–Crippen LogP) is 5.03. The summed E-state index contributed by atoms with van der Waals surface area (Å²) < 4.78 is 35.9. The second-order valence-electron chi connectivity index (χ2n) is 8.77. The Kier molecular flexibility index (Phi) is 8.42. The first-order valence-corrected chi connectivity index (χ1v) is 13.7. The quantitative estimate of drug-likeness (QED) is 0.270. The summed E-state index contributed by atoms with van der Waals surface area (Å²) in [7, 11) is -4.12. The molecule has 0 bridgehead atoms. The van der Waals surface area contributed by atoms with Gasteiger partial charge in [0.05, 0.1) is 4.90 Å². The van der Waals surface area contributed by atoms with Crippen molar-refractivity contribution in [3.8, 4) is 17.6 Å². The molecule has 0 radical (unpaired) electrons. The van der Waals surface area contributed by atoms with E-state index in [2.05, 4.69) is 16.6 Å². The lowest BCUT2D eigenvalue weighted by Gasteiger charge is -2.15. The van der Waals surface area contributed by atoms with E-state index in [1.165, 1.54) is 24.3 Å². The average molecular weight is 551 g/mol. The lowest BCUT2D eigenvalue weighted by molar-refractivity contribution is -0.138. The molecule has 38 heavy (non-hydrogen) atoms. The summed E-state index contributed by atoms with van der Waals surface area (Å²) in [4.78, 5) is 12.1. The molecule has 7 nitrogen and oxygen atoms in total. The Hall–Kier alpha value is -3.77. The third-order valence-electron chi connectivity index (χ3n) is 6.17. The largest absolute Gasteiger partial charge is 0.481 e. The number of halogens is 1. The standard InChI is InChI=1S/C29H27ClN2O5S/c1-3-4-15-37-24-10-12-25(13-11-24)38(35,36)31-27(29(33)34)16-22-19-32(18-21-8-6-5-7-20(21)2)28-14-9-23(30)17-26(22)28/h5-14,17,19,27,31H,15-16,18H2,1-2H3,(H,33,34). The summed E-state index contributed by atoms with van der Waals surface area (Å²) in [5.41, 5.74) is 3.81. The van der Waals surface area contributed by atoms with Crippen LogP contribution in [0.25, 0.3) is 10.9 Å². The van der Waals surface area contributed by atoms with E-state index in [-0.39, 0.29) is 17.9 Å². The summed E-state index contributed by atoms with van der Waals surface area (Å²) >= 11 is 6.27. The van der Waals surface area contributed by atoms with Crippen LogP contribution in [-0.4, -0.2) is 36.7 Å². The molecule has 0 aliphatic heterocycles. The van der Waals surface area contributed by atoms with E-state index < -0.39 is 22.0 Å². The van der Waals surface area contributed by atoms with Gasteiger partial charge in [-0.05, 0) is 73.0 Å². The van der Waals surface area contributed by atoms with Crippen molar-refractivity contribution in [1.82, 2.24) is 9.29 Å². The van der Waals surface area contributed by atoms with Crippen molar-refractivity contribution in [2.75, 3.05) is 6.61 Å². The minimum Gasteiger partial charge on any atom is -0.481 e. The highest BCUT2D eigenvalue weighted by atomic mass is 35.5. The van der Waals surface area contributed by atoms with Gasteiger partial charge in [-0.1, -0.05) is 41.8 Å². The van der Waals surface area contributed by atoms with Crippen LogP contribution >= 0.6 is 11.6 Å². The summed E-state index contributed by atoms with van der Waals surface area (Å²) in [6.07, 6.45) is 1.80. The van der Waals surface area contributed by atoms with Crippen molar-refractivity contribution in [2.24, 2.45) is 0 Å². The molecular formula is C29H27ClN2O5S. The first-order valence-electron chi connectivity index (χ1n) is 11.9. The first kappa shape index (κ1) is 27.3. The second-order valence-corrected chi connectivity index (χ2v) is 10.9. The Balaban J connectivity index is 1.60. The summed E-state index contributed by atoms with van der Waals surface area (Å²) in [6, 6.07) is 17.8. The number of nitrogens with one attached hydrogen (secondary N) is 1. The second kappa shape index (κ2) is 11.7. The summed E-state index contributed by atoms with van der Waals surface area (Å²) in [5.74, 6) is 4.64. The van der Waals surface area contributed by atoms with E-state index >= 15 is 0 Å². The molecular weight excluding hydrogens is 524 g/mol. The molecule has 0 saturated heterocycles. The molecule has 0 fully saturated rings. The molecule has 0 aliphatic rings. The summed E-state index contributed by atoms with van der Waals surface area (Å²) in [5, 5.41) is 11.2. The van der Waals surface area contributed by atoms with E-state index in [0.717, 1.165) is 22.0 Å². The molecule has 9 heteroatoms. The van der Waals surface area contributed by atoms with Crippen LogP contribution < -0.4 is 9.46 Å². The molecule has 1 heterocycles. The van der Waals surface area contributed by atoms with Crippen molar-refractivity contribution in [3.63, 3.8) is 0 Å². The maximum atomic E-state index is 13.0. The summed E-state index contributed by atoms with van der Waals surface area (Å²) in [6.45, 7) is 4.49. The van der Waals surface area contributed by atoms with E-state index in [9.17, 15) is 18.3 Å². The Labute approximate surface area is 227 Å². The highest BCUT2D eigenvalue weighted by Gasteiger charge is 2.27. The number of hydrogen-bond donors (Lipinski definition) is 2. The van der Waals surface area contributed by atoms with Crippen LogP contribution in [0.1, 0.15) is 23.6 Å². The normalized spacial score (nSPS) is 12.1.